The van der Waals surface area contributed by atoms with Crippen LogP contribution < -0.4 is 15.1 Å². The maximum absolute atomic E-state index is 14.0. The molecule has 1 spiro atoms. The minimum Gasteiger partial charge on any atom is -0.318 e. The molecule has 2 aromatic carbocycles. The number of quaternary nitrogens is 1. The molecule has 3 saturated heterocycles. The van der Waals surface area contributed by atoms with E-state index in [2.05, 4.69) is 5.32 Å². The first-order valence-electron chi connectivity index (χ1n) is 10.9. The number of nitrogens with zero attached hydrogens (tertiary/aromatic N) is 2. The van der Waals surface area contributed by atoms with Crippen molar-refractivity contribution in [2.75, 3.05) is 16.8 Å². The molecule has 4 aliphatic rings. The number of benzene rings is 2. The second kappa shape index (κ2) is 6.61. The van der Waals surface area contributed by atoms with Crippen molar-refractivity contribution in [3.8, 4) is 0 Å². The molecule has 1 unspecified atom stereocenters. The molecular formula is C23H20ClN4O5+. The van der Waals surface area contributed by atoms with Crippen molar-refractivity contribution in [2.24, 2.45) is 11.8 Å². The van der Waals surface area contributed by atoms with Gasteiger partial charge in [-0.25, -0.2) is 4.90 Å². The average molecular weight is 468 g/mol. The van der Waals surface area contributed by atoms with Crippen LogP contribution in [-0.2, 0) is 19.9 Å². The number of fused-ring (bicyclic) bond motifs is 7. The molecule has 0 radical (unpaired) electrons. The molecule has 0 aliphatic carbocycles. The fourth-order valence-corrected chi connectivity index (χ4v) is 6.96. The number of imide groups is 1. The van der Waals surface area contributed by atoms with E-state index in [0.29, 0.717) is 22.8 Å². The molecule has 33 heavy (non-hydrogen) atoms. The highest BCUT2D eigenvalue weighted by atomic mass is 35.5. The van der Waals surface area contributed by atoms with Gasteiger partial charge in [-0.2, -0.15) is 0 Å². The Morgan fingerprint density at radius 2 is 1.94 bits per heavy atom. The Bertz CT molecular complexity index is 1300. The summed E-state index contributed by atoms with van der Waals surface area (Å²) in [7, 11) is 0. The molecule has 5 atom stereocenters. The van der Waals surface area contributed by atoms with E-state index in [4.69, 9.17) is 11.6 Å². The number of carbonyl (C=O) groups is 3. The summed E-state index contributed by atoms with van der Waals surface area (Å²) in [6.45, 7) is 2.20. The molecule has 2 aromatic rings. The topological polar surface area (TPSA) is 114 Å². The summed E-state index contributed by atoms with van der Waals surface area (Å²) in [5, 5.41) is 14.7. The van der Waals surface area contributed by atoms with Crippen LogP contribution in [0.2, 0.25) is 5.02 Å². The van der Waals surface area contributed by atoms with E-state index in [9.17, 15) is 24.5 Å². The molecule has 2 N–H and O–H groups in total. The minimum atomic E-state index is -1.25. The van der Waals surface area contributed by atoms with Crippen LogP contribution in [-0.4, -0.2) is 35.2 Å². The third kappa shape index (κ3) is 2.28. The van der Waals surface area contributed by atoms with Gasteiger partial charge in [0.05, 0.1) is 33.4 Å². The number of halogens is 1. The van der Waals surface area contributed by atoms with Gasteiger partial charge in [0.15, 0.2) is 0 Å². The Labute approximate surface area is 193 Å². The Morgan fingerprint density at radius 3 is 2.70 bits per heavy atom. The Kier molecular flexibility index (Phi) is 4.07. The van der Waals surface area contributed by atoms with Crippen LogP contribution in [0.15, 0.2) is 36.4 Å². The third-order valence-electron chi connectivity index (χ3n) is 7.92. The smallest absolute Gasteiger partial charge is 0.291 e. The van der Waals surface area contributed by atoms with E-state index in [-0.39, 0.29) is 28.9 Å². The van der Waals surface area contributed by atoms with Crippen molar-refractivity contribution in [3.63, 3.8) is 0 Å². The zero-order chi connectivity index (χ0) is 23.2. The summed E-state index contributed by atoms with van der Waals surface area (Å²) in [4.78, 5) is 54.3. The lowest BCUT2D eigenvalue weighted by molar-refractivity contribution is -0.948. The van der Waals surface area contributed by atoms with Gasteiger partial charge in [0, 0.05) is 24.5 Å². The third-order valence-corrected chi connectivity index (χ3v) is 8.23. The van der Waals surface area contributed by atoms with Crippen molar-refractivity contribution in [1.82, 2.24) is 0 Å². The highest BCUT2D eigenvalue weighted by molar-refractivity contribution is 6.35. The van der Waals surface area contributed by atoms with Crippen LogP contribution in [0.4, 0.5) is 17.1 Å². The highest BCUT2D eigenvalue weighted by Gasteiger charge is 2.78. The molecule has 4 heterocycles. The SMILES string of the molecule is Cc1c(N2C(=O)[C@H]3[C@H]4CCC[NH+]4[C@@]4(C(=O)Nc5c(Cl)cccc54)[C@@H]3C2=O)cccc1[N+](=O)[O-]. The summed E-state index contributed by atoms with van der Waals surface area (Å²) < 4.78 is 0. The Hall–Kier alpha value is -3.30. The molecule has 3 amide bonds. The standard InChI is InChI=1S/C23H19ClN4O5/c1-11-14(7-3-8-15(11)28(32)33)27-20(29)17-16-9-4-10-26(16)23(18(17)21(27)30)12-5-2-6-13(24)19(12)25-22(23)31/h2-3,5-8,16-18H,4,9-10H2,1H3,(H,25,31)/p+1/t16-,17+,18+,23-/m1/s1. The van der Waals surface area contributed by atoms with E-state index in [1.165, 1.54) is 19.1 Å². The number of hydrogen-bond acceptors (Lipinski definition) is 5. The summed E-state index contributed by atoms with van der Waals surface area (Å²) in [6, 6.07) is 9.42. The second-order valence-corrected chi connectivity index (χ2v) is 9.55. The number of carbonyl (C=O) groups excluding carboxylic acids is 3. The zero-order valence-corrected chi connectivity index (χ0v) is 18.4. The van der Waals surface area contributed by atoms with Gasteiger partial charge < -0.3 is 10.2 Å². The van der Waals surface area contributed by atoms with Crippen LogP contribution >= 0.6 is 11.6 Å². The Balaban J connectivity index is 1.56. The molecule has 168 valence electrons. The number of anilines is 2. The average Bonchev–Trinajstić information content (AvgIpc) is 3.48. The van der Waals surface area contributed by atoms with Crippen LogP contribution in [0.25, 0.3) is 0 Å². The first-order chi connectivity index (χ1) is 15.8. The number of amides is 3. The Morgan fingerprint density at radius 1 is 1.18 bits per heavy atom. The lowest BCUT2D eigenvalue weighted by Crippen LogP contribution is -3.19. The van der Waals surface area contributed by atoms with Gasteiger partial charge in [0.1, 0.15) is 17.9 Å². The largest absolute Gasteiger partial charge is 0.318 e. The van der Waals surface area contributed by atoms with E-state index in [0.717, 1.165) is 22.6 Å². The van der Waals surface area contributed by atoms with Crippen molar-refractivity contribution in [2.45, 2.75) is 31.3 Å². The molecule has 0 saturated carbocycles. The molecule has 0 aromatic heterocycles. The summed E-state index contributed by atoms with van der Waals surface area (Å²) >= 11 is 6.39. The molecule has 10 heteroatoms. The first kappa shape index (κ1) is 20.3. The monoisotopic (exact) mass is 467 g/mol. The van der Waals surface area contributed by atoms with Crippen molar-refractivity contribution >= 4 is 46.4 Å². The van der Waals surface area contributed by atoms with E-state index >= 15 is 0 Å². The van der Waals surface area contributed by atoms with Crippen LogP contribution in [0, 0.1) is 28.9 Å². The number of para-hydroxylation sites is 1. The van der Waals surface area contributed by atoms with E-state index < -0.39 is 34.1 Å². The summed E-state index contributed by atoms with van der Waals surface area (Å²) in [5.74, 6) is -2.77. The number of nitro benzene ring substituents is 1. The molecule has 0 bridgehead atoms. The number of nitro groups is 1. The van der Waals surface area contributed by atoms with E-state index in [1.807, 2.05) is 6.07 Å². The van der Waals surface area contributed by atoms with Crippen LogP contribution in [0.3, 0.4) is 0 Å². The minimum absolute atomic E-state index is 0.163. The predicted octanol–water partition coefficient (Wildman–Crippen LogP) is 1.57. The van der Waals surface area contributed by atoms with Crippen molar-refractivity contribution in [1.29, 1.82) is 0 Å². The zero-order valence-electron chi connectivity index (χ0n) is 17.6. The van der Waals surface area contributed by atoms with Crippen LogP contribution in [0.5, 0.6) is 0 Å². The molecule has 3 fully saturated rings. The molecule has 6 rings (SSSR count). The van der Waals surface area contributed by atoms with Gasteiger partial charge in [-0.05, 0) is 25.1 Å². The van der Waals surface area contributed by atoms with Gasteiger partial charge in [0.25, 0.3) is 11.6 Å². The van der Waals surface area contributed by atoms with Gasteiger partial charge >= 0.3 is 0 Å². The molecular weight excluding hydrogens is 448 g/mol. The predicted molar refractivity (Wildman–Crippen MR) is 118 cm³/mol. The molecule has 4 aliphatic heterocycles. The lowest BCUT2D eigenvalue weighted by atomic mass is 9.75. The highest BCUT2D eigenvalue weighted by Crippen LogP contribution is 2.53. The van der Waals surface area contributed by atoms with Crippen molar-refractivity contribution in [3.05, 3.63) is 62.7 Å². The van der Waals surface area contributed by atoms with Gasteiger partial charge in [-0.3, -0.25) is 24.5 Å². The fourth-order valence-electron chi connectivity index (χ4n) is 6.74. The van der Waals surface area contributed by atoms with Gasteiger partial charge in [0.2, 0.25) is 17.4 Å². The van der Waals surface area contributed by atoms with Gasteiger partial charge in [-0.1, -0.05) is 23.7 Å². The number of hydrogen-bond donors (Lipinski definition) is 2. The number of nitrogens with one attached hydrogen (secondary N) is 2. The molecule has 9 nitrogen and oxygen atoms in total. The van der Waals surface area contributed by atoms with Crippen molar-refractivity contribution < 1.29 is 24.2 Å². The second-order valence-electron chi connectivity index (χ2n) is 9.14. The maximum Gasteiger partial charge on any atom is 0.291 e. The van der Waals surface area contributed by atoms with Gasteiger partial charge in [-0.15, -0.1) is 0 Å². The lowest BCUT2D eigenvalue weighted by Gasteiger charge is -2.33. The first-order valence-corrected chi connectivity index (χ1v) is 11.3. The quantitative estimate of drug-likeness (QED) is 0.395. The van der Waals surface area contributed by atoms with E-state index in [1.54, 1.807) is 18.2 Å². The van der Waals surface area contributed by atoms with Crippen LogP contribution in [0.1, 0.15) is 24.0 Å². The summed E-state index contributed by atoms with van der Waals surface area (Å²) in [6.07, 6.45) is 1.56. The maximum atomic E-state index is 14.0. The number of rotatable bonds is 2. The summed E-state index contributed by atoms with van der Waals surface area (Å²) in [5.41, 5.74) is 0.175. The fraction of sp³-hybridized carbons (Fsp3) is 0.348. The normalized spacial score (nSPS) is 31.7.